The first-order valence-corrected chi connectivity index (χ1v) is 8.34. The molecule has 2 amide bonds. The topological polar surface area (TPSA) is 109 Å². The lowest BCUT2D eigenvalue weighted by molar-refractivity contribution is -0.121. The molecular formula is C17H23N5O3. The summed E-state index contributed by atoms with van der Waals surface area (Å²) in [5, 5.41) is 8.35. The number of amides is 2. The largest absolute Gasteiger partial charge is 0.359 e. The lowest BCUT2D eigenvalue weighted by Crippen LogP contribution is -2.46. The van der Waals surface area contributed by atoms with Crippen LogP contribution in [0.4, 0.5) is 0 Å². The van der Waals surface area contributed by atoms with Crippen molar-refractivity contribution in [3.63, 3.8) is 0 Å². The highest BCUT2D eigenvalue weighted by Crippen LogP contribution is 2.40. The van der Waals surface area contributed by atoms with Crippen LogP contribution in [0.1, 0.15) is 55.1 Å². The fourth-order valence-electron chi connectivity index (χ4n) is 2.95. The molecule has 0 unspecified atom stereocenters. The Hall–Kier alpha value is -2.64. The second-order valence-corrected chi connectivity index (χ2v) is 7.26. The van der Waals surface area contributed by atoms with Gasteiger partial charge in [0.25, 0.3) is 11.5 Å². The lowest BCUT2D eigenvalue weighted by atomic mass is 9.99. The smallest absolute Gasteiger partial charge is 0.274 e. The van der Waals surface area contributed by atoms with Crippen LogP contribution in [0.15, 0.2) is 10.9 Å². The fraction of sp³-hybridized carbons (Fsp3) is 0.529. The standard InChI is InChI=1S/C17H23N5O3/c1-17(2,8-12(23)18-3)20-15(24)10-7-11(9-5-6-9)19-14-13(10)16(25)21-22(14)4/h7,9H,5-6,8H2,1-4H3,(H,18,23)(H,20,24)(H,21,25). The molecule has 3 N–H and O–H groups in total. The van der Waals surface area contributed by atoms with E-state index >= 15 is 0 Å². The number of fused-ring (bicyclic) bond motifs is 1. The number of rotatable bonds is 5. The Morgan fingerprint density at radius 3 is 2.68 bits per heavy atom. The molecule has 1 fully saturated rings. The van der Waals surface area contributed by atoms with Crippen molar-refractivity contribution in [2.75, 3.05) is 7.05 Å². The average molecular weight is 345 g/mol. The summed E-state index contributed by atoms with van der Waals surface area (Å²) in [6.45, 7) is 3.55. The molecule has 0 atom stereocenters. The van der Waals surface area contributed by atoms with E-state index in [2.05, 4.69) is 20.7 Å². The third-order valence-electron chi connectivity index (χ3n) is 4.41. The molecule has 0 saturated heterocycles. The zero-order valence-corrected chi connectivity index (χ0v) is 14.9. The number of H-pyrrole nitrogens is 1. The van der Waals surface area contributed by atoms with Gasteiger partial charge < -0.3 is 10.6 Å². The number of aromatic nitrogens is 3. The summed E-state index contributed by atoms with van der Waals surface area (Å²) in [7, 11) is 3.25. The maximum atomic E-state index is 12.9. The number of carbonyl (C=O) groups excluding carboxylic acids is 2. The van der Waals surface area contributed by atoms with Gasteiger partial charge in [0.05, 0.1) is 10.9 Å². The van der Waals surface area contributed by atoms with Crippen LogP contribution in [0.5, 0.6) is 0 Å². The van der Waals surface area contributed by atoms with Crippen molar-refractivity contribution >= 4 is 22.8 Å². The maximum absolute atomic E-state index is 12.9. The summed E-state index contributed by atoms with van der Waals surface area (Å²) in [5.74, 6) is -0.193. The highest BCUT2D eigenvalue weighted by Gasteiger charge is 2.30. The quantitative estimate of drug-likeness (QED) is 0.744. The molecule has 25 heavy (non-hydrogen) atoms. The van der Waals surface area contributed by atoms with Gasteiger partial charge in [-0.1, -0.05) is 0 Å². The highest BCUT2D eigenvalue weighted by atomic mass is 16.2. The van der Waals surface area contributed by atoms with E-state index in [1.54, 1.807) is 34.0 Å². The molecule has 1 aliphatic rings. The predicted octanol–water partition coefficient (Wildman–Crippen LogP) is 0.783. The zero-order chi connectivity index (χ0) is 18.4. The molecule has 0 aromatic carbocycles. The second kappa shape index (κ2) is 6.02. The number of nitrogens with zero attached hydrogens (tertiary/aromatic N) is 2. The van der Waals surface area contributed by atoms with Gasteiger partial charge in [0, 0.05) is 37.7 Å². The summed E-state index contributed by atoms with van der Waals surface area (Å²) >= 11 is 0. The first-order chi connectivity index (χ1) is 11.7. The molecule has 8 nitrogen and oxygen atoms in total. The van der Waals surface area contributed by atoms with Crippen molar-refractivity contribution < 1.29 is 9.59 Å². The summed E-state index contributed by atoms with van der Waals surface area (Å²) in [6.07, 6.45) is 2.23. The Balaban J connectivity index is 2.00. The van der Waals surface area contributed by atoms with Gasteiger partial charge in [-0.25, -0.2) is 4.98 Å². The molecule has 134 valence electrons. The van der Waals surface area contributed by atoms with Crippen molar-refractivity contribution in [2.45, 2.75) is 44.6 Å². The number of carbonyl (C=O) groups is 2. The molecule has 3 rings (SSSR count). The maximum Gasteiger partial charge on any atom is 0.274 e. The lowest BCUT2D eigenvalue weighted by Gasteiger charge is -2.25. The summed E-state index contributed by atoms with van der Waals surface area (Å²) in [6, 6.07) is 1.71. The number of hydrogen-bond donors (Lipinski definition) is 3. The van der Waals surface area contributed by atoms with Crippen LogP contribution in [-0.2, 0) is 11.8 Å². The van der Waals surface area contributed by atoms with E-state index in [0.29, 0.717) is 17.1 Å². The van der Waals surface area contributed by atoms with E-state index in [1.165, 1.54) is 4.68 Å². The molecule has 8 heteroatoms. The third-order valence-corrected chi connectivity index (χ3v) is 4.41. The Morgan fingerprint density at radius 2 is 2.08 bits per heavy atom. The van der Waals surface area contributed by atoms with Crippen LogP contribution in [0.2, 0.25) is 0 Å². The molecule has 0 spiro atoms. The fourth-order valence-corrected chi connectivity index (χ4v) is 2.95. The molecule has 0 aliphatic heterocycles. The van der Waals surface area contributed by atoms with E-state index in [4.69, 9.17) is 0 Å². The van der Waals surface area contributed by atoms with Gasteiger partial charge in [-0.3, -0.25) is 24.2 Å². The number of pyridine rings is 1. The molecule has 1 saturated carbocycles. The van der Waals surface area contributed by atoms with Gasteiger partial charge in [0.2, 0.25) is 5.91 Å². The third kappa shape index (κ3) is 3.42. The molecule has 2 aromatic heterocycles. The molecular weight excluding hydrogens is 322 g/mol. The van der Waals surface area contributed by atoms with E-state index in [-0.39, 0.29) is 29.2 Å². The van der Waals surface area contributed by atoms with Crippen molar-refractivity contribution in [3.8, 4) is 0 Å². The molecule has 0 radical (unpaired) electrons. The molecule has 0 bridgehead atoms. The number of hydrogen-bond acceptors (Lipinski definition) is 4. The summed E-state index contributed by atoms with van der Waals surface area (Å²) in [4.78, 5) is 41.3. The van der Waals surface area contributed by atoms with E-state index < -0.39 is 5.54 Å². The second-order valence-electron chi connectivity index (χ2n) is 7.26. The number of nitrogens with one attached hydrogen (secondary N) is 3. The van der Waals surface area contributed by atoms with Crippen LogP contribution < -0.4 is 16.2 Å². The molecule has 1 aliphatic carbocycles. The molecule has 2 heterocycles. The zero-order valence-electron chi connectivity index (χ0n) is 14.9. The highest BCUT2D eigenvalue weighted by molar-refractivity contribution is 6.05. The normalized spacial score (nSPS) is 14.6. The minimum atomic E-state index is -0.742. The van der Waals surface area contributed by atoms with E-state index in [9.17, 15) is 14.4 Å². The van der Waals surface area contributed by atoms with Gasteiger partial charge in [0.15, 0.2) is 5.65 Å². The monoisotopic (exact) mass is 345 g/mol. The average Bonchev–Trinajstić information content (AvgIpc) is 3.33. The summed E-state index contributed by atoms with van der Waals surface area (Å²) < 4.78 is 1.54. The first-order valence-electron chi connectivity index (χ1n) is 8.34. The van der Waals surface area contributed by atoms with Gasteiger partial charge >= 0.3 is 0 Å². The van der Waals surface area contributed by atoms with Crippen LogP contribution >= 0.6 is 0 Å². The van der Waals surface area contributed by atoms with E-state index in [1.807, 2.05) is 0 Å². The Kier molecular flexibility index (Phi) is 4.14. The van der Waals surface area contributed by atoms with Crippen molar-refractivity contribution in [1.82, 2.24) is 25.4 Å². The summed E-state index contributed by atoms with van der Waals surface area (Å²) in [5.41, 5.74) is 0.522. The van der Waals surface area contributed by atoms with Gasteiger partial charge in [0.1, 0.15) is 0 Å². The van der Waals surface area contributed by atoms with Crippen molar-refractivity contribution in [3.05, 3.63) is 27.7 Å². The van der Waals surface area contributed by atoms with E-state index in [0.717, 1.165) is 18.5 Å². The number of aromatic amines is 1. The predicted molar refractivity (Wildman–Crippen MR) is 93.5 cm³/mol. The number of aryl methyl sites for hydroxylation is 1. The van der Waals surface area contributed by atoms with Gasteiger partial charge in [-0.15, -0.1) is 0 Å². The minimum absolute atomic E-state index is 0.143. The van der Waals surface area contributed by atoms with Gasteiger partial charge in [-0.05, 0) is 32.8 Å². The molecule has 2 aromatic rings. The van der Waals surface area contributed by atoms with Crippen molar-refractivity contribution in [1.29, 1.82) is 0 Å². The minimum Gasteiger partial charge on any atom is -0.359 e. The van der Waals surface area contributed by atoms with Crippen LogP contribution in [0.3, 0.4) is 0 Å². The Labute approximate surface area is 145 Å². The van der Waals surface area contributed by atoms with Crippen molar-refractivity contribution in [2.24, 2.45) is 7.05 Å². The van der Waals surface area contributed by atoms with Crippen LogP contribution in [-0.4, -0.2) is 39.2 Å². The first kappa shape index (κ1) is 17.2. The van der Waals surface area contributed by atoms with Crippen LogP contribution in [0.25, 0.3) is 11.0 Å². The van der Waals surface area contributed by atoms with Gasteiger partial charge in [-0.2, -0.15) is 0 Å². The Morgan fingerprint density at radius 1 is 1.40 bits per heavy atom. The SMILES string of the molecule is CNC(=O)CC(C)(C)NC(=O)c1cc(C2CC2)nc2c1c(=O)[nH]n2C. The Bertz CT molecular complexity index is 905. The van der Waals surface area contributed by atoms with Crippen LogP contribution in [0, 0.1) is 0 Å².